The van der Waals surface area contributed by atoms with E-state index in [0.29, 0.717) is 10.3 Å². The van der Waals surface area contributed by atoms with Gasteiger partial charge in [0.2, 0.25) is 5.91 Å². The molecule has 10 unspecified atom stereocenters. The minimum Gasteiger partial charge on any atom is -0.506 e. The molecule has 0 spiro atoms. The maximum absolute atomic E-state index is 15.2. The zero-order chi connectivity index (χ0) is 69.0. The van der Waals surface area contributed by atoms with Gasteiger partial charge in [0.1, 0.15) is 120 Å². The fraction of sp³-hybridized carbons (Fsp3) is 0.393. The topological polar surface area (TPSA) is 413 Å². The van der Waals surface area contributed by atoms with Gasteiger partial charge in [-0.25, -0.2) is 39.5 Å². The molecule has 11 heterocycles. The SMILES string of the molecule is CO/C(C)=C1/NC(=O)C(C(C)O)NC(=O)c2csc(n2)-c2cc(O)c(-c3nc(C(=O)N(C)CCO)cs3)nc2-c2csc(n2)C2COC(=O)c3c4c5c(cccc5n3O)COC(=O)C(OC3CC(C)(O)C(N(C)C)C(C)O3)C(OC4)C(NC(=O)c3csc1n3)c1nc(cs1)C(=O)N2. The molecule has 1 fully saturated rings. The van der Waals surface area contributed by atoms with Gasteiger partial charge in [-0.1, -0.05) is 12.1 Å². The second-order valence-electron chi connectivity index (χ2n) is 23.5. The number of fused-ring (bicyclic) bond motifs is 15. The fourth-order valence-corrected chi connectivity index (χ4v) is 16.1. The second-order valence-corrected chi connectivity index (χ2v) is 27.8. The van der Waals surface area contributed by atoms with Crippen molar-refractivity contribution in [1.29, 1.82) is 0 Å². The standard InChI is InChI=1S/C61H63N13O18S5/c1-24(76)40-52(81)70-41(25(2)87-8)55-65-34(22-95-55)51(80)71-44-46-47(92-38-15-61(4,85)48(72(5)6)26(3)91-38)60(84)89-16-27-10-9-11-36-39(27)29(17-88-46)45(74(36)86)59(83)90-18-30(62-49(78)32-21-96-57(44)66-32)54-63-31(19-94-54)42-28(53-64-33(20-93-53)50(79)69-40)14-37(77)43(68-42)56-67-35(23-97-56)58(82)73(7)12-13-75/h9-11,14,19-24,26,30,38,40,44,46-48,75-77,85-86H,12-13,15-18H2,1-8H3,(H,62,78)(H,69,79)(H,70,81)(H,71,80)/b41-25+. The number of thiazole rings is 5. The number of carbonyl (C=O) groups is 7. The highest BCUT2D eigenvalue weighted by Gasteiger charge is 2.50. The summed E-state index contributed by atoms with van der Waals surface area (Å²) in [6, 6.07) is 0.769. The molecule has 9 N–H and O–H groups in total. The molecular formula is C61H63N13O18S5. The largest absolute Gasteiger partial charge is 0.506 e. The van der Waals surface area contributed by atoms with Crippen LogP contribution in [0.2, 0.25) is 0 Å². The molecule has 12 rings (SSSR count). The molecule has 36 heteroatoms. The number of hydrogen-bond acceptors (Lipinski definition) is 30. The van der Waals surface area contributed by atoms with E-state index in [4.69, 9.17) is 43.4 Å². The third-order valence-electron chi connectivity index (χ3n) is 16.5. The van der Waals surface area contributed by atoms with Crippen molar-refractivity contribution >= 4 is 115 Å². The van der Waals surface area contributed by atoms with Crippen LogP contribution >= 0.6 is 56.7 Å². The molecule has 4 aliphatic rings. The number of methoxy groups -OCH3 is 1. The van der Waals surface area contributed by atoms with E-state index < -0.39 is 133 Å². The number of pyridine rings is 1. The number of ether oxygens (including phenoxy) is 6. The Morgan fingerprint density at radius 3 is 2.23 bits per heavy atom. The van der Waals surface area contributed by atoms with Crippen LogP contribution in [0.5, 0.6) is 5.75 Å². The zero-order valence-corrected chi connectivity index (χ0v) is 56.8. The average molecular weight is 1430 g/mol. The van der Waals surface area contributed by atoms with Gasteiger partial charge < -0.3 is 85.1 Å². The minimum atomic E-state index is -1.91. The Morgan fingerprint density at radius 2 is 1.51 bits per heavy atom. The third-order valence-corrected chi connectivity index (χ3v) is 21.0. The summed E-state index contributed by atoms with van der Waals surface area (Å²) >= 11 is 4.63. The lowest BCUT2D eigenvalue weighted by Crippen LogP contribution is -2.62. The number of carbonyl (C=O) groups excluding carboxylic acids is 7. The van der Waals surface area contributed by atoms with Crippen molar-refractivity contribution in [1.82, 2.24) is 65.7 Å². The number of allylic oxidation sites excluding steroid dienone is 1. The Balaban J connectivity index is 1.04. The molecule has 1 saturated heterocycles. The Labute approximate surface area is 570 Å². The third kappa shape index (κ3) is 13.4. The highest BCUT2D eigenvalue weighted by molar-refractivity contribution is 7.14. The normalized spacial score (nSPS) is 24.2. The summed E-state index contributed by atoms with van der Waals surface area (Å²) < 4.78 is 38.2. The van der Waals surface area contributed by atoms with E-state index in [2.05, 4.69) is 36.2 Å². The van der Waals surface area contributed by atoms with Gasteiger partial charge in [-0.05, 0) is 59.5 Å². The van der Waals surface area contributed by atoms with Crippen molar-refractivity contribution in [3.8, 4) is 38.4 Å². The Hall–Kier alpha value is -8.79. The molecule has 31 nitrogen and oxygen atoms in total. The Bertz CT molecular complexity index is 4460. The smallest absolute Gasteiger partial charge is 0.358 e. The molecule has 0 saturated carbocycles. The maximum atomic E-state index is 15.2. The number of esters is 2. The second kappa shape index (κ2) is 27.6. The molecule has 0 aliphatic carbocycles. The van der Waals surface area contributed by atoms with Gasteiger partial charge in [0.25, 0.3) is 23.6 Å². The summed E-state index contributed by atoms with van der Waals surface area (Å²) in [5, 5.41) is 75.1. The lowest BCUT2D eigenvalue weighted by atomic mass is 9.85. The van der Waals surface area contributed by atoms with E-state index in [9.17, 15) is 44.8 Å². The number of cyclic esters (lactones) is 2. The summed E-state index contributed by atoms with van der Waals surface area (Å²) in [7, 11) is 6.34. The van der Waals surface area contributed by atoms with Crippen LogP contribution in [0.4, 0.5) is 0 Å². The number of hydrogen-bond donors (Lipinski definition) is 9. The van der Waals surface area contributed by atoms with Gasteiger partial charge in [0.05, 0.1) is 49.7 Å². The number of aromatic nitrogens is 7. The van der Waals surface area contributed by atoms with Gasteiger partial charge in [-0.15, -0.1) is 56.7 Å². The molecule has 4 aliphatic heterocycles. The van der Waals surface area contributed by atoms with Crippen molar-refractivity contribution in [3.63, 3.8) is 0 Å². The summed E-state index contributed by atoms with van der Waals surface area (Å²) in [6.45, 7) is 4.00. The van der Waals surface area contributed by atoms with E-state index in [1.807, 2.05) is 0 Å². The van der Waals surface area contributed by atoms with Crippen molar-refractivity contribution in [3.05, 3.63) is 112 Å². The number of amides is 5. The van der Waals surface area contributed by atoms with Crippen molar-refractivity contribution in [2.24, 2.45) is 0 Å². The predicted octanol–water partition coefficient (Wildman–Crippen LogP) is 4.23. The van der Waals surface area contributed by atoms with Crippen LogP contribution in [0.25, 0.3) is 49.3 Å². The number of aliphatic hydroxyl groups excluding tert-OH is 2. The van der Waals surface area contributed by atoms with Crippen LogP contribution in [-0.4, -0.2) is 208 Å². The van der Waals surface area contributed by atoms with Crippen molar-refractivity contribution < 1.29 is 87.6 Å². The summed E-state index contributed by atoms with van der Waals surface area (Å²) in [4.78, 5) is 134. The first-order chi connectivity index (χ1) is 46.3. The highest BCUT2D eigenvalue weighted by Crippen LogP contribution is 2.43. The molecule has 5 amide bonds. The quantitative estimate of drug-likeness (QED) is 0.0554. The number of likely N-dealkylation sites (N-methyl/N-ethyl adjacent to an activating group) is 2. The summed E-state index contributed by atoms with van der Waals surface area (Å²) in [5.41, 5.74) is -2.35. The van der Waals surface area contributed by atoms with E-state index in [0.717, 1.165) is 56.7 Å². The number of benzene rings is 1. The maximum Gasteiger partial charge on any atom is 0.358 e. The molecule has 8 aromatic rings. The van der Waals surface area contributed by atoms with Crippen molar-refractivity contribution in [2.45, 2.75) is 108 Å². The minimum absolute atomic E-state index is 0.00682. The summed E-state index contributed by atoms with van der Waals surface area (Å²) in [5.74, 6) is -6.78. The molecule has 10 atom stereocenters. The number of aliphatic hydroxyl groups is 3. The average Bonchev–Trinajstić information content (AvgIpc) is 1.68. The predicted molar refractivity (Wildman–Crippen MR) is 348 cm³/mol. The highest BCUT2D eigenvalue weighted by atomic mass is 32.1. The van der Waals surface area contributed by atoms with E-state index in [1.165, 1.54) is 66.6 Å². The summed E-state index contributed by atoms with van der Waals surface area (Å²) in [6.07, 6.45) is -7.50. The van der Waals surface area contributed by atoms with E-state index in [1.54, 1.807) is 50.4 Å². The number of nitrogens with one attached hydrogen (secondary N) is 4. The number of nitrogens with zero attached hydrogens (tertiary/aromatic N) is 9. The lowest BCUT2D eigenvalue weighted by Gasteiger charge is -2.48. The monoisotopic (exact) mass is 1430 g/mol. The fourth-order valence-electron chi connectivity index (χ4n) is 11.9. The first-order valence-corrected chi connectivity index (χ1v) is 34.3. The van der Waals surface area contributed by atoms with Crippen LogP contribution < -0.4 is 21.3 Å². The van der Waals surface area contributed by atoms with Crippen LogP contribution in [0, 0.1) is 0 Å². The first kappa shape index (κ1) is 68.2. The molecule has 1 aromatic carbocycles. The molecule has 510 valence electrons. The van der Waals surface area contributed by atoms with E-state index >= 15 is 14.4 Å². The Morgan fingerprint density at radius 1 is 0.835 bits per heavy atom. The molecule has 12 bridgehead atoms. The van der Waals surface area contributed by atoms with Crippen molar-refractivity contribution in [2.75, 3.05) is 48.0 Å². The van der Waals surface area contributed by atoms with Gasteiger partial charge >= 0.3 is 11.9 Å². The zero-order valence-electron chi connectivity index (χ0n) is 52.7. The molecular weight excluding hydrogens is 1360 g/mol. The van der Waals surface area contributed by atoms with E-state index in [-0.39, 0.29) is 118 Å². The van der Waals surface area contributed by atoms with Crippen LogP contribution in [0.1, 0.15) is 125 Å². The van der Waals surface area contributed by atoms with Gasteiger partial charge in [-0.2, -0.15) is 4.73 Å². The van der Waals surface area contributed by atoms with Crippen LogP contribution in [0.3, 0.4) is 0 Å². The number of aromatic hydroxyl groups is 1. The number of rotatable bonds is 9. The van der Waals surface area contributed by atoms with Gasteiger partial charge in [0, 0.05) is 63.4 Å². The molecule has 7 aromatic heterocycles. The Kier molecular flexibility index (Phi) is 19.4. The first-order valence-electron chi connectivity index (χ1n) is 29.9. The van der Waals surface area contributed by atoms with Gasteiger partial charge in [0.15, 0.2) is 18.1 Å². The molecule has 0 radical (unpaired) electrons. The van der Waals surface area contributed by atoms with Crippen LogP contribution in [0.15, 0.2) is 56.9 Å². The van der Waals surface area contributed by atoms with Gasteiger partial charge in [-0.3, -0.25) is 24.0 Å². The van der Waals surface area contributed by atoms with Crippen LogP contribution in [-0.2, 0) is 51.2 Å². The lowest BCUT2D eigenvalue weighted by molar-refractivity contribution is -0.280. The molecule has 97 heavy (non-hydrogen) atoms.